The van der Waals surface area contributed by atoms with Gasteiger partial charge in [0.2, 0.25) is 0 Å². The summed E-state index contributed by atoms with van der Waals surface area (Å²) in [6, 6.07) is 6.70. The summed E-state index contributed by atoms with van der Waals surface area (Å²) in [5.74, 6) is 1.07. The first kappa shape index (κ1) is 23.4. The van der Waals surface area contributed by atoms with E-state index in [-0.39, 0.29) is 11.9 Å². The molecule has 1 aliphatic rings. The molecule has 1 saturated heterocycles. The van der Waals surface area contributed by atoms with Crippen molar-refractivity contribution in [2.75, 3.05) is 52.4 Å². The highest BCUT2D eigenvalue weighted by atomic mass is 19.1. The van der Waals surface area contributed by atoms with E-state index in [1.54, 1.807) is 12.1 Å². The Morgan fingerprint density at radius 3 is 2.55 bits per heavy atom. The van der Waals surface area contributed by atoms with E-state index in [0.717, 1.165) is 58.2 Å². The van der Waals surface area contributed by atoms with Gasteiger partial charge in [-0.3, -0.25) is 9.89 Å². The minimum absolute atomic E-state index is 0.0554. The first-order valence-corrected chi connectivity index (χ1v) is 11.0. The number of ether oxygens (including phenoxy) is 1. The number of hydrogen-bond donors (Lipinski definition) is 2. The molecule has 2 unspecified atom stereocenters. The Balaban J connectivity index is 1.84. The summed E-state index contributed by atoms with van der Waals surface area (Å²) in [6.45, 7) is 16.4. The lowest BCUT2D eigenvalue weighted by atomic mass is 10.2. The van der Waals surface area contributed by atoms with Crippen molar-refractivity contribution in [3.8, 4) is 5.75 Å². The zero-order chi connectivity index (χ0) is 21.1. The van der Waals surface area contributed by atoms with Crippen LogP contribution in [0, 0.1) is 5.82 Å². The molecule has 1 aromatic carbocycles. The van der Waals surface area contributed by atoms with Crippen molar-refractivity contribution in [1.82, 2.24) is 20.4 Å². The second-order valence-electron chi connectivity index (χ2n) is 7.53. The third-order valence-electron chi connectivity index (χ3n) is 5.39. The first-order chi connectivity index (χ1) is 14.0. The second kappa shape index (κ2) is 12.6. The molecule has 0 aliphatic carbocycles. The maximum Gasteiger partial charge on any atom is 0.191 e. The van der Waals surface area contributed by atoms with Gasteiger partial charge in [0.15, 0.2) is 5.96 Å². The SMILES string of the molecule is CCNC(=NCC(C)N1CCN(CC)CC1)NCC(CC)Oc1cccc(F)c1. The maximum atomic E-state index is 13.4. The average Bonchev–Trinajstić information content (AvgIpc) is 2.74. The molecular weight excluding hydrogens is 369 g/mol. The molecule has 0 amide bonds. The van der Waals surface area contributed by atoms with Crippen molar-refractivity contribution in [3.05, 3.63) is 30.1 Å². The molecule has 1 aromatic rings. The number of halogens is 1. The Labute approximate surface area is 175 Å². The van der Waals surface area contributed by atoms with Crippen LogP contribution in [0.15, 0.2) is 29.3 Å². The quantitative estimate of drug-likeness (QED) is 0.461. The molecule has 0 aromatic heterocycles. The number of nitrogens with zero attached hydrogens (tertiary/aromatic N) is 3. The number of aliphatic imine (C=N–C) groups is 1. The molecule has 6 nitrogen and oxygen atoms in total. The van der Waals surface area contributed by atoms with Crippen LogP contribution in [0.3, 0.4) is 0 Å². The van der Waals surface area contributed by atoms with Gasteiger partial charge in [-0.05, 0) is 38.9 Å². The summed E-state index contributed by atoms with van der Waals surface area (Å²) < 4.78 is 19.3. The van der Waals surface area contributed by atoms with Crippen LogP contribution in [0.1, 0.15) is 34.1 Å². The summed E-state index contributed by atoms with van der Waals surface area (Å²) in [5, 5.41) is 6.68. The fourth-order valence-corrected chi connectivity index (χ4v) is 3.41. The third kappa shape index (κ3) is 8.19. The summed E-state index contributed by atoms with van der Waals surface area (Å²) in [7, 11) is 0. The minimum Gasteiger partial charge on any atom is -0.489 e. The van der Waals surface area contributed by atoms with Gasteiger partial charge in [0.1, 0.15) is 17.7 Å². The molecule has 1 aliphatic heterocycles. The molecule has 1 heterocycles. The van der Waals surface area contributed by atoms with E-state index in [1.807, 2.05) is 0 Å². The Hall–Kier alpha value is -1.86. The van der Waals surface area contributed by atoms with E-state index in [1.165, 1.54) is 12.1 Å². The van der Waals surface area contributed by atoms with E-state index in [2.05, 4.69) is 48.1 Å². The van der Waals surface area contributed by atoms with Crippen LogP contribution < -0.4 is 15.4 Å². The summed E-state index contributed by atoms with van der Waals surface area (Å²) in [5.41, 5.74) is 0. The molecule has 29 heavy (non-hydrogen) atoms. The largest absolute Gasteiger partial charge is 0.489 e. The van der Waals surface area contributed by atoms with Crippen molar-refractivity contribution >= 4 is 5.96 Å². The molecule has 7 heteroatoms. The number of hydrogen-bond acceptors (Lipinski definition) is 4. The second-order valence-corrected chi connectivity index (χ2v) is 7.53. The molecule has 0 bridgehead atoms. The Kier molecular flexibility index (Phi) is 10.2. The summed E-state index contributed by atoms with van der Waals surface area (Å²) >= 11 is 0. The van der Waals surface area contributed by atoms with Crippen LogP contribution in [-0.2, 0) is 0 Å². The lowest BCUT2D eigenvalue weighted by Crippen LogP contribution is -2.50. The topological polar surface area (TPSA) is 52.1 Å². The van der Waals surface area contributed by atoms with Gasteiger partial charge < -0.3 is 20.3 Å². The molecule has 2 rings (SSSR count). The van der Waals surface area contributed by atoms with Crippen molar-refractivity contribution in [1.29, 1.82) is 0 Å². The summed E-state index contributed by atoms with van der Waals surface area (Å²) in [4.78, 5) is 9.78. The van der Waals surface area contributed by atoms with Crippen LogP contribution in [0.5, 0.6) is 5.75 Å². The highest BCUT2D eigenvalue weighted by molar-refractivity contribution is 5.79. The number of benzene rings is 1. The number of rotatable bonds is 10. The number of piperazine rings is 1. The van der Waals surface area contributed by atoms with E-state index >= 15 is 0 Å². The lowest BCUT2D eigenvalue weighted by molar-refractivity contribution is 0.109. The molecule has 0 spiro atoms. The highest BCUT2D eigenvalue weighted by Crippen LogP contribution is 2.14. The normalized spacial score (nSPS) is 18.3. The zero-order valence-corrected chi connectivity index (χ0v) is 18.5. The van der Waals surface area contributed by atoms with Gasteiger partial charge in [-0.1, -0.05) is 19.9 Å². The standard InChI is InChI=1S/C22H38FN5O/c1-5-20(29-21-10-8-9-19(23)15-21)17-26-22(24-6-2)25-16-18(4)28-13-11-27(7-3)12-14-28/h8-10,15,18,20H,5-7,11-14,16-17H2,1-4H3,(H2,24,25,26). The van der Waals surface area contributed by atoms with Gasteiger partial charge in [0, 0.05) is 44.8 Å². The predicted octanol–water partition coefficient (Wildman–Crippen LogP) is 2.56. The average molecular weight is 408 g/mol. The van der Waals surface area contributed by atoms with Crippen molar-refractivity contribution in [2.45, 2.75) is 46.3 Å². The van der Waals surface area contributed by atoms with E-state index in [9.17, 15) is 4.39 Å². The monoisotopic (exact) mass is 407 g/mol. The third-order valence-corrected chi connectivity index (χ3v) is 5.39. The number of nitrogens with one attached hydrogen (secondary N) is 2. The maximum absolute atomic E-state index is 13.4. The van der Waals surface area contributed by atoms with Crippen LogP contribution in [0.2, 0.25) is 0 Å². The molecule has 164 valence electrons. The Bertz CT molecular complexity index is 619. The van der Waals surface area contributed by atoms with Crippen molar-refractivity contribution in [3.63, 3.8) is 0 Å². The van der Waals surface area contributed by atoms with Crippen molar-refractivity contribution in [2.24, 2.45) is 4.99 Å². The van der Waals surface area contributed by atoms with E-state index in [0.29, 0.717) is 18.3 Å². The van der Waals surface area contributed by atoms with Gasteiger partial charge in [0.25, 0.3) is 0 Å². The smallest absolute Gasteiger partial charge is 0.191 e. The molecule has 1 fully saturated rings. The molecule has 2 N–H and O–H groups in total. The van der Waals surface area contributed by atoms with Crippen LogP contribution in [0.4, 0.5) is 4.39 Å². The van der Waals surface area contributed by atoms with Gasteiger partial charge in [-0.2, -0.15) is 0 Å². The van der Waals surface area contributed by atoms with Crippen LogP contribution >= 0.6 is 0 Å². The highest BCUT2D eigenvalue weighted by Gasteiger charge is 2.20. The number of guanidine groups is 1. The Morgan fingerprint density at radius 1 is 1.17 bits per heavy atom. The van der Waals surface area contributed by atoms with Gasteiger partial charge in [-0.25, -0.2) is 4.39 Å². The van der Waals surface area contributed by atoms with Crippen LogP contribution in [-0.4, -0.2) is 80.3 Å². The van der Waals surface area contributed by atoms with E-state index in [4.69, 9.17) is 9.73 Å². The fraction of sp³-hybridized carbons (Fsp3) is 0.682. The minimum atomic E-state index is -0.283. The summed E-state index contributed by atoms with van der Waals surface area (Å²) in [6.07, 6.45) is 0.765. The van der Waals surface area contributed by atoms with Gasteiger partial charge in [0.05, 0.1) is 13.1 Å². The van der Waals surface area contributed by atoms with Gasteiger partial charge in [-0.15, -0.1) is 0 Å². The predicted molar refractivity (Wildman–Crippen MR) is 118 cm³/mol. The fourth-order valence-electron chi connectivity index (χ4n) is 3.41. The molecular formula is C22H38FN5O. The zero-order valence-electron chi connectivity index (χ0n) is 18.5. The first-order valence-electron chi connectivity index (χ1n) is 11.0. The van der Waals surface area contributed by atoms with E-state index < -0.39 is 0 Å². The molecule has 0 saturated carbocycles. The molecule has 0 radical (unpaired) electrons. The lowest BCUT2D eigenvalue weighted by Gasteiger charge is -2.37. The molecule has 2 atom stereocenters. The van der Waals surface area contributed by atoms with Gasteiger partial charge >= 0.3 is 0 Å². The number of likely N-dealkylation sites (N-methyl/N-ethyl adjacent to an activating group) is 1. The Morgan fingerprint density at radius 2 is 1.93 bits per heavy atom. The van der Waals surface area contributed by atoms with Crippen LogP contribution in [0.25, 0.3) is 0 Å². The van der Waals surface area contributed by atoms with Crippen molar-refractivity contribution < 1.29 is 9.13 Å².